The molecule has 0 unspecified atom stereocenters. The monoisotopic (exact) mass is 400 g/mol. The molecule has 0 saturated heterocycles. The average Bonchev–Trinajstić information content (AvgIpc) is 3.07. The predicted octanol–water partition coefficient (Wildman–Crippen LogP) is 3.78. The highest BCUT2D eigenvalue weighted by molar-refractivity contribution is 7.14. The Morgan fingerprint density at radius 2 is 2.00 bits per heavy atom. The molecule has 0 fully saturated rings. The molecule has 3 aromatic rings. The van der Waals surface area contributed by atoms with E-state index < -0.39 is 21.2 Å². The van der Waals surface area contributed by atoms with Crippen LogP contribution < -0.4 is 15.9 Å². The molecule has 0 aliphatic heterocycles. The topological polar surface area (TPSA) is 159 Å². The highest BCUT2D eigenvalue weighted by Gasteiger charge is 2.21. The zero-order chi connectivity index (χ0) is 20.1. The van der Waals surface area contributed by atoms with Gasteiger partial charge in [-0.15, -0.1) is 11.3 Å². The van der Waals surface area contributed by atoms with Gasteiger partial charge in [0, 0.05) is 11.4 Å². The van der Waals surface area contributed by atoms with Crippen LogP contribution in [0.1, 0.15) is 5.56 Å². The first kappa shape index (κ1) is 18.7. The van der Waals surface area contributed by atoms with E-state index in [1.54, 1.807) is 29.6 Å². The zero-order valence-electron chi connectivity index (χ0n) is 14.0. The third-order valence-electron chi connectivity index (χ3n) is 3.33. The van der Waals surface area contributed by atoms with E-state index in [0.29, 0.717) is 22.3 Å². The number of nitrogen functional groups attached to an aromatic ring is 1. The maximum Gasteiger partial charge on any atom is 0.318 e. The molecule has 0 radical (unpaired) electrons. The van der Waals surface area contributed by atoms with Gasteiger partial charge in [0.05, 0.1) is 22.1 Å². The molecular weight excluding hydrogens is 388 g/mol. The van der Waals surface area contributed by atoms with E-state index in [9.17, 15) is 20.2 Å². The van der Waals surface area contributed by atoms with Crippen molar-refractivity contribution in [2.45, 2.75) is 0 Å². The van der Waals surface area contributed by atoms with Crippen molar-refractivity contribution >= 4 is 39.9 Å². The van der Waals surface area contributed by atoms with Crippen LogP contribution in [0, 0.1) is 20.2 Å². The standard InChI is InChI=1S/C16H12N6O5S/c17-15-9-28-16(19-15)20-18-8-10-2-1-3-12(6-10)27-14-5-4-11(21(23)24)7-13(14)22(25)26/h1-9H,17H2,(H,19,20). The zero-order valence-corrected chi connectivity index (χ0v) is 14.8. The van der Waals surface area contributed by atoms with Crippen molar-refractivity contribution in [2.75, 3.05) is 11.2 Å². The molecule has 1 heterocycles. The average molecular weight is 400 g/mol. The van der Waals surface area contributed by atoms with Crippen LogP contribution >= 0.6 is 11.3 Å². The van der Waals surface area contributed by atoms with Crippen molar-refractivity contribution in [1.82, 2.24) is 4.98 Å². The Labute approximate surface area is 161 Å². The third kappa shape index (κ3) is 4.56. The summed E-state index contributed by atoms with van der Waals surface area (Å²) in [5, 5.41) is 28.2. The van der Waals surface area contributed by atoms with E-state index in [2.05, 4.69) is 15.5 Å². The number of hydrogen-bond donors (Lipinski definition) is 2. The van der Waals surface area contributed by atoms with Crippen LogP contribution in [0.2, 0.25) is 0 Å². The van der Waals surface area contributed by atoms with Gasteiger partial charge in [0.1, 0.15) is 11.6 Å². The molecule has 2 aromatic carbocycles. The molecule has 142 valence electrons. The molecule has 0 saturated carbocycles. The van der Waals surface area contributed by atoms with Gasteiger partial charge in [0.2, 0.25) is 10.9 Å². The van der Waals surface area contributed by atoms with E-state index in [1.807, 2.05) is 0 Å². The van der Waals surface area contributed by atoms with Crippen LogP contribution in [0.5, 0.6) is 11.5 Å². The van der Waals surface area contributed by atoms with E-state index >= 15 is 0 Å². The maximum atomic E-state index is 11.2. The van der Waals surface area contributed by atoms with Crippen LogP contribution in [0.4, 0.5) is 22.3 Å². The van der Waals surface area contributed by atoms with Gasteiger partial charge in [-0.3, -0.25) is 25.7 Å². The Morgan fingerprint density at radius 3 is 2.68 bits per heavy atom. The normalized spacial score (nSPS) is 10.7. The largest absolute Gasteiger partial charge is 0.450 e. The molecule has 3 N–H and O–H groups in total. The Balaban J connectivity index is 1.77. The fourth-order valence-electron chi connectivity index (χ4n) is 2.13. The molecule has 1 aromatic heterocycles. The highest BCUT2D eigenvalue weighted by atomic mass is 32.1. The molecule has 0 amide bonds. The number of nitrogens with one attached hydrogen (secondary N) is 1. The number of benzene rings is 2. The third-order valence-corrected chi connectivity index (χ3v) is 4.10. The Kier molecular flexibility index (Phi) is 5.41. The number of hydrazone groups is 1. The lowest BCUT2D eigenvalue weighted by molar-refractivity contribution is -0.394. The first-order chi connectivity index (χ1) is 13.4. The summed E-state index contributed by atoms with van der Waals surface area (Å²) in [7, 11) is 0. The quantitative estimate of drug-likeness (QED) is 0.344. The minimum atomic E-state index is -0.739. The van der Waals surface area contributed by atoms with Gasteiger partial charge < -0.3 is 10.5 Å². The summed E-state index contributed by atoms with van der Waals surface area (Å²) >= 11 is 1.30. The molecule has 0 spiro atoms. The van der Waals surface area contributed by atoms with Crippen molar-refractivity contribution in [3.05, 3.63) is 73.6 Å². The molecule has 0 atom stereocenters. The summed E-state index contributed by atoms with van der Waals surface area (Å²) in [5.41, 5.74) is 8.00. The molecule has 12 heteroatoms. The molecule has 11 nitrogen and oxygen atoms in total. The van der Waals surface area contributed by atoms with E-state index in [1.165, 1.54) is 23.6 Å². The van der Waals surface area contributed by atoms with Crippen LogP contribution in [0.15, 0.2) is 52.9 Å². The second-order valence-electron chi connectivity index (χ2n) is 5.29. The van der Waals surface area contributed by atoms with Gasteiger partial charge in [-0.25, -0.2) is 4.98 Å². The first-order valence-electron chi connectivity index (χ1n) is 7.63. The Morgan fingerprint density at radius 1 is 1.18 bits per heavy atom. The number of nitro benzene ring substituents is 2. The van der Waals surface area contributed by atoms with Crippen molar-refractivity contribution in [3.8, 4) is 11.5 Å². The number of nitrogens with two attached hydrogens (primary N) is 1. The minimum absolute atomic E-state index is 0.110. The van der Waals surface area contributed by atoms with E-state index in [4.69, 9.17) is 10.5 Å². The minimum Gasteiger partial charge on any atom is -0.450 e. The van der Waals surface area contributed by atoms with Gasteiger partial charge in [0.15, 0.2) is 0 Å². The summed E-state index contributed by atoms with van der Waals surface area (Å²) in [5.74, 6) is 0.586. The van der Waals surface area contributed by atoms with Gasteiger partial charge in [-0.1, -0.05) is 12.1 Å². The number of rotatable bonds is 7. The van der Waals surface area contributed by atoms with E-state index in [-0.39, 0.29) is 5.75 Å². The number of nitrogens with zero attached hydrogens (tertiary/aromatic N) is 4. The first-order valence-corrected chi connectivity index (χ1v) is 8.51. The fraction of sp³-hybridized carbons (Fsp3) is 0. The van der Waals surface area contributed by atoms with Crippen molar-refractivity contribution in [1.29, 1.82) is 0 Å². The number of non-ortho nitro benzene ring substituents is 1. The van der Waals surface area contributed by atoms with Gasteiger partial charge in [0.25, 0.3) is 5.69 Å². The number of aromatic nitrogens is 1. The number of hydrogen-bond acceptors (Lipinski definition) is 10. The fourth-order valence-corrected chi connectivity index (χ4v) is 2.68. The lowest BCUT2D eigenvalue weighted by Crippen LogP contribution is -1.96. The summed E-state index contributed by atoms with van der Waals surface area (Å²) in [6.45, 7) is 0. The number of thiazole rings is 1. The van der Waals surface area contributed by atoms with Crippen molar-refractivity contribution in [3.63, 3.8) is 0 Å². The predicted molar refractivity (Wildman–Crippen MR) is 104 cm³/mol. The summed E-state index contributed by atoms with van der Waals surface area (Å²) < 4.78 is 5.54. The summed E-state index contributed by atoms with van der Waals surface area (Å²) in [4.78, 5) is 24.5. The Bertz CT molecular complexity index is 1070. The molecule has 0 bridgehead atoms. The Hall–Kier alpha value is -4.06. The molecule has 0 aliphatic carbocycles. The van der Waals surface area contributed by atoms with Crippen molar-refractivity contribution in [2.24, 2.45) is 5.10 Å². The van der Waals surface area contributed by atoms with Crippen LogP contribution in [-0.2, 0) is 0 Å². The highest BCUT2D eigenvalue weighted by Crippen LogP contribution is 2.34. The second kappa shape index (κ2) is 8.09. The maximum absolute atomic E-state index is 11.2. The number of anilines is 2. The van der Waals surface area contributed by atoms with Gasteiger partial charge in [-0.05, 0) is 23.8 Å². The van der Waals surface area contributed by atoms with Crippen LogP contribution in [0.3, 0.4) is 0 Å². The SMILES string of the molecule is Nc1csc(NN=Cc2cccc(Oc3ccc([N+](=O)[O-])cc3[N+](=O)[O-])c2)n1. The molecular formula is C16H12N6O5S. The lowest BCUT2D eigenvalue weighted by Gasteiger charge is -2.07. The second-order valence-corrected chi connectivity index (χ2v) is 6.15. The lowest BCUT2D eigenvalue weighted by atomic mass is 10.2. The number of ether oxygens (including phenoxy) is 1. The summed E-state index contributed by atoms with van der Waals surface area (Å²) in [6, 6.07) is 9.80. The van der Waals surface area contributed by atoms with Crippen LogP contribution in [-0.4, -0.2) is 21.0 Å². The molecule has 28 heavy (non-hydrogen) atoms. The molecule has 0 aliphatic rings. The van der Waals surface area contributed by atoms with E-state index in [0.717, 1.165) is 12.1 Å². The summed E-state index contributed by atoms with van der Waals surface area (Å²) in [6.07, 6.45) is 1.51. The van der Waals surface area contributed by atoms with Gasteiger partial charge >= 0.3 is 5.69 Å². The van der Waals surface area contributed by atoms with Gasteiger partial charge in [-0.2, -0.15) is 5.10 Å². The molecule has 3 rings (SSSR count). The number of nitro groups is 2. The van der Waals surface area contributed by atoms with Crippen LogP contribution in [0.25, 0.3) is 0 Å². The van der Waals surface area contributed by atoms with Crippen molar-refractivity contribution < 1.29 is 14.6 Å². The smallest absolute Gasteiger partial charge is 0.318 e.